The minimum atomic E-state index is -0.515. The Morgan fingerprint density at radius 1 is 1.16 bits per heavy atom. The fraction of sp³-hybridized carbons (Fsp3) is 0.519. The number of hydrogen-bond acceptors (Lipinski definition) is 5. The largest absolute Gasteiger partial charge is 0.444 e. The van der Waals surface area contributed by atoms with E-state index in [1.165, 1.54) is 0 Å². The van der Waals surface area contributed by atoms with E-state index >= 15 is 0 Å². The molecule has 2 amide bonds. The van der Waals surface area contributed by atoms with Crippen LogP contribution in [0.3, 0.4) is 0 Å². The number of aromatic nitrogens is 1. The lowest BCUT2D eigenvalue weighted by Gasteiger charge is -2.37. The molecule has 0 bridgehead atoms. The number of H-pyrrole nitrogens is 1. The summed E-state index contributed by atoms with van der Waals surface area (Å²) >= 11 is 3.57. The topological polar surface area (TPSA) is 104 Å². The number of benzene rings is 1. The molecule has 3 N–H and O–H groups in total. The Hall–Kier alpha value is -2.75. The lowest BCUT2D eigenvalue weighted by Crippen LogP contribution is -2.44. The number of alkyl carbamates (subject to hydrolysis) is 1. The van der Waals surface area contributed by atoms with Crippen LogP contribution in [0.25, 0.3) is 0 Å². The van der Waals surface area contributed by atoms with Crippen molar-refractivity contribution in [2.75, 3.05) is 11.9 Å². The van der Waals surface area contributed by atoms with Crippen LogP contribution in [0.1, 0.15) is 73.6 Å². The third-order valence-corrected chi connectivity index (χ3v) is 7.31. The Balaban J connectivity index is 1.67. The molecule has 1 fully saturated rings. The van der Waals surface area contributed by atoms with E-state index in [9.17, 15) is 14.4 Å². The monoisotopic (exact) mass is 572 g/mol. The number of carbonyl (C=O) groups is 2. The second kappa shape index (κ2) is 11.8. The molecule has 10 heteroatoms. The number of rotatable bonds is 6. The fourth-order valence-electron chi connectivity index (χ4n) is 4.91. The molecule has 1 aliphatic rings. The highest BCUT2D eigenvalue weighted by atomic mass is 79.9. The van der Waals surface area contributed by atoms with Crippen molar-refractivity contribution in [3.05, 3.63) is 55.4 Å². The first kappa shape index (κ1) is 28.8. The molecular formula is C27H38BBrN4O4. The number of nitrogens with one attached hydrogen (secondary N) is 3. The van der Waals surface area contributed by atoms with Gasteiger partial charge in [-0.15, -0.1) is 0 Å². The van der Waals surface area contributed by atoms with Crippen molar-refractivity contribution in [3.63, 3.8) is 0 Å². The Morgan fingerprint density at radius 2 is 1.81 bits per heavy atom. The van der Waals surface area contributed by atoms with Gasteiger partial charge in [0.1, 0.15) is 13.4 Å². The quantitative estimate of drug-likeness (QED) is 0.461. The molecule has 37 heavy (non-hydrogen) atoms. The molecular weight excluding hydrogens is 535 g/mol. The lowest BCUT2D eigenvalue weighted by atomic mass is 9.89. The molecule has 0 aliphatic heterocycles. The first-order valence-electron chi connectivity index (χ1n) is 12.7. The number of aromatic amines is 1. The standard InChI is InChI=1S/C27H38BBrN4O4/c1-15-11-22(28)21(25(35)31-15)14-30-24(34)20-12-17(29)13-23(16(20)2)33(6)19-9-7-18(8-10-19)32-26(36)37-27(3,4)5/h11-13,18-19H,7-10,14,28H2,1-6H3,(H,30,34)(H,31,35)(H,32,36). The number of hydrogen-bond donors (Lipinski definition) is 3. The van der Waals surface area contributed by atoms with Crippen LogP contribution in [0.15, 0.2) is 27.5 Å². The molecule has 0 unspecified atom stereocenters. The number of pyridine rings is 1. The summed E-state index contributed by atoms with van der Waals surface area (Å²) in [5.41, 5.74) is 3.93. The lowest BCUT2D eigenvalue weighted by molar-refractivity contribution is 0.0491. The van der Waals surface area contributed by atoms with Gasteiger partial charge >= 0.3 is 6.09 Å². The smallest absolute Gasteiger partial charge is 0.407 e. The third kappa shape index (κ3) is 7.63. The number of halogens is 1. The highest BCUT2D eigenvalue weighted by Gasteiger charge is 2.28. The summed E-state index contributed by atoms with van der Waals surface area (Å²) in [5.74, 6) is -0.224. The maximum atomic E-state index is 13.2. The molecule has 0 spiro atoms. The Morgan fingerprint density at radius 3 is 2.41 bits per heavy atom. The van der Waals surface area contributed by atoms with Gasteiger partial charge in [0.2, 0.25) is 0 Å². The zero-order valence-corrected chi connectivity index (χ0v) is 24.5. The van der Waals surface area contributed by atoms with E-state index in [-0.39, 0.29) is 36.2 Å². The zero-order valence-electron chi connectivity index (χ0n) is 22.9. The van der Waals surface area contributed by atoms with Gasteiger partial charge in [-0.25, -0.2) is 4.79 Å². The number of nitrogens with zero attached hydrogens (tertiary/aromatic N) is 1. The minimum absolute atomic E-state index is 0.0952. The van der Waals surface area contributed by atoms with Gasteiger partial charge in [-0.3, -0.25) is 9.59 Å². The van der Waals surface area contributed by atoms with E-state index in [1.54, 1.807) is 0 Å². The van der Waals surface area contributed by atoms with Crippen LogP contribution in [-0.2, 0) is 11.3 Å². The molecule has 3 rings (SSSR count). The molecule has 1 aromatic heterocycles. The van der Waals surface area contributed by atoms with Gasteiger partial charge in [0.15, 0.2) is 0 Å². The summed E-state index contributed by atoms with van der Waals surface area (Å²) in [6, 6.07) is 6.13. The molecule has 2 aromatic rings. The summed E-state index contributed by atoms with van der Waals surface area (Å²) in [7, 11) is 3.93. The summed E-state index contributed by atoms with van der Waals surface area (Å²) in [5, 5.41) is 5.91. The molecule has 0 radical (unpaired) electrons. The normalized spacial score (nSPS) is 17.7. The van der Waals surface area contributed by atoms with Crippen LogP contribution in [0.5, 0.6) is 0 Å². The van der Waals surface area contributed by atoms with Crippen LogP contribution in [0.4, 0.5) is 10.5 Å². The summed E-state index contributed by atoms with van der Waals surface area (Å²) in [6.45, 7) is 9.52. The average molecular weight is 573 g/mol. The maximum Gasteiger partial charge on any atom is 0.407 e. The van der Waals surface area contributed by atoms with Gasteiger partial charge < -0.3 is 25.3 Å². The molecule has 1 aromatic carbocycles. The highest BCUT2D eigenvalue weighted by molar-refractivity contribution is 9.10. The van der Waals surface area contributed by atoms with E-state index in [0.717, 1.165) is 52.6 Å². The van der Waals surface area contributed by atoms with Crippen LogP contribution < -0.4 is 26.6 Å². The van der Waals surface area contributed by atoms with Crippen LogP contribution in [0.2, 0.25) is 0 Å². The molecule has 200 valence electrons. The van der Waals surface area contributed by atoms with Crippen molar-refractivity contribution in [1.82, 2.24) is 15.6 Å². The van der Waals surface area contributed by atoms with Gasteiger partial charge in [-0.05, 0) is 84.1 Å². The predicted octanol–water partition coefficient (Wildman–Crippen LogP) is 3.21. The number of ether oxygens (including phenoxy) is 1. The summed E-state index contributed by atoms with van der Waals surface area (Å²) in [4.78, 5) is 42.7. The average Bonchev–Trinajstić information content (AvgIpc) is 2.78. The molecule has 1 aliphatic carbocycles. The fourth-order valence-corrected chi connectivity index (χ4v) is 5.36. The Bertz CT molecular complexity index is 1220. The second-order valence-electron chi connectivity index (χ2n) is 11.0. The second-order valence-corrected chi connectivity index (χ2v) is 11.9. The van der Waals surface area contributed by atoms with Crippen LogP contribution in [0, 0.1) is 13.8 Å². The molecule has 1 heterocycles. The van der Waals surface area contributed by atoms with Crippen molar-refractivity contribution in [1.29, 1.82) is 0 Å². The maximum absolute atomic E-state index is 13.2. The number of anilines is 1. The number of carbonyl (C=O) groups excluding carboxylic acids is 2. The van der Waals surface area contributed by atoms with Gasteiger partial charge in [-0.1, -0.05) is 21.4 Å². The number of amides is 2. The van der Waals surface area contributed by atoms with Crippen LogP contribution >= 0.6 is 15.9 Å². The zero-order chi connectivity index (χ0) is 27.5. The molecule has 1 saturated carbocycles. The summed E-state index contributed by atoms with van der Waals surface area (Å²) in [6.07, 6.45) is 3.18. The third-order valence-electron chi connectivity index (χ3n) is 6.85. The first-order chi connectivity index (χ1) is 17.2. The first-order valence-corrected chi connectivity index (χ1v) is 13.5. The SMILES string of the molecule is Bc1cc(C)[nH]c(=O)c1CNC(=O)c1cc(Br)cc(N(C)C2CCC(NC(=O)OC(C)(C)C)CC2)c1C. The van der Waals surface area contributed by atoms with E-state index in [0.29, 0.717) is 11.1 Å². The Labute approximate surface area is 228 Å². The van der Waals surface area contributed by atoms with E-state index in [2.05, 4.69) is 43.5 Å². The van der Waals surface area contributed by atoms with Gasteiger partial charge in [-0.2, -0.15) is 0 Å². The van der Waals surface area contributed by atoms with Crippen LogP contribution in [-0.4, -0.2) is 49.6 Å². The van der Waals surface area contributed by atoms with Gasteiger partial charge in [0.05, 0.1) is 0 Å². The van der Waals surface area contributed by atoms with Crippen molar-refractivity contribution in [2.45, 2.75) is 84.5 Å². The molecule has 0 saturated heterocycles. The van der Waals surface area contributed by atoms with Crippen molar-refractivity contribution in [3.8, 4) is 0 Å². The minimum Gasteiger partial charge on any atom is -0.444 e. The highest BCUT2D eigenvalue weighted by Crippen LogP contribution is 2.32. The van der Waals surface area contributed by atoms with E-state index < -0.39 is 5.60 Å². The van der Waals surface area contributed by atoms with Crippen molar-refractivity contribution >= 4 is 46.9 Å². The number of aryl methyl sites for hydroxylation is 1. The van der Waals surface area contributed by atoms with Crippen molar-refractivity contribution in [2.24, 2.45) is 0 Å². The summed E-state index contributed by atoms with van der Waals surface area (Å²) < 4.78 is 6.21. The molecule has 0 atom stereocenters. The molecule has 8 nitrogen and oxygen atoms in total. The van der Waals surface area contributed by atoms with E-state index in [4.69, 9.17) is 4.74 Å². The van der Waals surface area contributed by atoms with Crippen molar-refractivity contribution < 1.29 is 14.3 Å². The van der Waals surface area contributed by atoms with Gasteiger partial charge in [0.25, 0.3) is 11.5 Å². The van der Waals surface area contributed by atoms with Gasteiger partial charge in [0, 0.05) is 52.7 Å². The predicted molar refractivity (Wildman–Crippen MR) is 154 cm³/mol. The van der Waals surface area contributed by atoms with E-state index in [1.807, 2.05) is 60.7 Å². The Kier molecular flexibility index (Phi) is 9.16.